The summed E-state index contributed by atoms with van der Waals surface area (Å²) < 4.78 is 0. The minimum atomic E-state index is -0.103. The molecule has 0 radical (unpaired) electrons. The molecule has 3 saturated carbocycles. The number of rotatable bonds is 10. The van der Waals surface area contributed by atoms with Gasteiger partial charge in [0.05, 0.1) is 18.4 Å². The van der Waals surface area contributed by atoms with Gasteiger partial charge in [-0.3, -0.25) is 24.4 Å². The van der Waals surface area contributed by atoms with E-state index in [1.807, 2.05) is 0 Å². The molecule has 0 aromatic rings. The lowest BCUT2D eigenvalue weighted by atomic mass is 9.85. The van der Waals surface area contributed by atoms with E-state index in [9.17, 15) is 9.59 Å². The van der Waals surface area contributed by atoms with E-state index in [1.54, 1.807) is 0 Å². The third kappa shape index (κ3) is 4.01. The molecule has 5 aliphatic rings. The van der Waals surface area contributed by atoms with Gasteiger partial charge in [-0.15, -0.1) is 0 Å². The number of nitrogens with one attached hydrogen (secondary N) is 2. The molecule has 4 atom stereocenters. The number of fused-ring (bicyclic) bond motifs is 5. The number of hydrogen-bond acceptors (Lipinski definition) is 4. The zero-order chi connectivity index (χ0) is 20.7. The average Bonchev–Trinajstić information content (AvgIpc) is 3.65. The second-order valence-corrected chi connectivity index (χ2v) is 9.68. The van der Waals surface area contributed by atoms with Gasteiger partial charge in [0.2, 0.25) is 11.8 Å². The molecule has 1 saturated heterocycles. The van der Waals surface area contributed by atoms with Crippen molar-refractivity contribution in [3.63, 3.8) is 0 Å². The SMILES string of the molecule is CCNC(=NCCN(CC1CC1)C1CC1)NCCN1C(=O)C2C3C=CC(C3)C2C1=O. The van der Waals surface area contributed by atoms with E-state index < -0.39 is 0 Å². The first-order valence-corrected chi connectivity index (χ1v) is 12.0. The molecular weight excluding hydrogens is 378 g/mol. The van der Waals surface area contributed by atoms with Gasteiger partial charge >= 0.3 is 0 Å². The average molecular weight is 414 g/mol. The summed E-state index contributed by atoms with van der Waals surface area (Å²) in [5, 5.41) is 6.61. The van der Waals surface area contributed by atoms with Crippen molar-refractivity contribution in [2.24, 2.45) is 34.6 Å². The number of carbonyl (C=O) groups excluding carboxylic acids is 2. The predicted molar refractivity (Wildman–Crippen MR) is 116 cm³/mol. The van der Waals surface area contributed by atoms with E-state index in [1.165, 1.54) is 37.1 Å². The number of aliphatic imine (C=N–C) groups is 1. The van der Waals surface area contributed by atoms with Crippen LogP contribution in [0.5, 0.6) is 0 Å². The number of carbonyl (C=O) groups is 2. The number of amides is 2. The third-order valence-corrected chi connectivity index (χ3v) is 7.44. The van der Waals surface area contributed by atoms with Gasteiger partial charge in [-0.25, -0.2) is 0 Å². The molecule has 30 heavy (non-hydrogen) atoms. The molecular formula is C23H35N5O2. The number of hydrogen-bond donors (Lipinski definition) is 2. The molecule has 0 spiro atoms. The monoisotopic (exact) mass is 413 g/mol. The van der Waals surface area contributed by atoms with Crippen LogP contribution >= 0.6 is 0 Å². The number of allylic oxidation sites excluding steroid dienone is 2. The fourth-order valence-electron chi connectivity index (χ4n) is 5.60. The van der Waals surface area contributed by atoms with Gasteiger partial charge in [-0.2, -0.15) is 0 Å². The summed E-state index contributed by atoms with van der Waals surface area (Å²) in [4.78, 5) is 34.4. The smallest absolute Gasteiger partial charge is 0.233 e. The van der Waals surface area contributed by atoms with Crippen LogP contribution in [0.25, 0.3) is 0 Å². The van der Waals surface area contributed by atoms with Crippen LogP contribution < -0.4 is 10.6 Å². The van der Waals surface area contributed by atoms with Crippen LogP contribution in [0.2, 0.25) is 0 Å². The Labute approximate surface area is 179 Å². The van der Waals surface area contributed by atoms with Gasteiger partial charge in [-0.05, 0) is 56.8 Å². The Hall–Kier alpha value is -1.89. The van der Waals surface area contributed by atoms with Crippen LogP contribution in [0.3, 0.4) is 0 Å². The lowest BCUT2D eigenvalue weighted by molar-refractivity contribution is -0.140. The van der Waals surface area contributed by atoms with Crippen molar-refractivity contribution in [3.05, 3.63) is 12.2 Å². The van der Waals surface area contributed by atoms with Crippen LogP contribution in [0.4, 0.5) is 0 Å². The third-order valence-electron chi connectivity index (χ3n) is 7.44. The lowest BCUT2D eigenvalue weighted by Gasteiger charge is -2.21. The topological polar surface area (TPSA) is 77.0 Å². The minimum absolute atomic E-state index is 0.0331. The van der Waals surface area contributed by atoms with E-state index >= 15 is 0 Å². The van der Waals surface area contributed by atoms with Crippen LogP contribution in [-0.2, 0) is 9.59 Å². The van der Waals surface area contributed by atoms with E-state index in [-0.39, 0.29) is 35.5 Å². The lowest BCUT2D eigenvalue weighted by Crippen LogP contribution is -2.44. The highest BCUT2D eigenvalue weighted by Crippen LogP contribution is 2.52. The van der Waals surface area contributed by atoms with Crippen LogP contribution in [-0.4, -0.2) is 72.9 Å². The van der Waals surface area contributed by atoms with E-state index in [0.717, 1.165) is 44.0 Å². The normalized spacial score (nSPS) is 32.5. The Bertz CT molecular complexity index is 712. The molecule has 4 aliphatic carbocycles. The zero-order valence-corrected chi connectivity index (χ0v) is 18.1. The summed E-state index contributed by atoms with van der Waals surface area (Å²) in [5.41, 5.74) is 0. The van der Waals surface area contributed by atoms with Crippen molar-refractivity contribution < 1.29 is 9.59 Å². The number of nitrogens with zero attached hydrogens (tertiary/aromatic N) is 3. The maximum Gasteiger partial charge on any atom is 0.233 e. The molecule has 1 aliphatic heterocycles. The second-order valence-electron chi connectivity index (χ2n) is 9.68. The highest BCUT2D eigenvalue weighted by molar-refractivity contribution is 6.06. The van der Waals surface area contributed by atoms with Gasteiger partial charge in [-0.1, -0.05) is 12.2 Å². The van der Waals surface area contributed by atoms with Crippen molar-refractivity contribution in [3.8, 4) is 0 Å². The first kappa shape index (κ1) is 20.0. The summed E-state index contributed by atoms with van der Waals surface area (Å²) in [6.45, 7) is 6.84. The first-order valence-electron chi connectivity index (χ1n) is 12.0. The van der Waals surface area contributed by atoms with Crippen molar-refractivity contribution in [1.29, 1.82) is 0 Å². The minimum Gasteiger partial charge on any atom is -0.357 e. The van der Waals surface area contributed by atoms with Crippen molar-refractivity contribution in [2.45, 2.75) is 45.1 Å². The van der Waals surface area contributed by atoms with E-state index in [0.29, 0.717) is 13.1 Å². The van der Waals surface area contributed by atoms with Crippen LogP contribution in [0.15, 0.2) is 17.1 Å². The quantitative estimate of drug-likeness (QED) is 0.244. The molecule has 1 heterocycles. The molecule has 7 heteroatoms. The largest absolute Gasteiger partial charge is 0.357 e. The number of likely N-dealkylation sites (tertiary alicyclic amines) is 1. The number of imide groups is 1. The van der Waals surface area contributed by atoms with Crippen molar-refractivity contribution in [2.75, 3.05) is 39.3 Å². The Balaban J connectivity index is 1.10. The Morgan fingerprint density at radius 3 is 2.40 bits per heavy atom. The maximum absolute atomic E-state index is 12.8. The van der Waals surface area contributed by atoms with Gasteiger partial charge in [0, 0.05) is 38.8 Å². The standard InChI is InChI=1S/C23H35N5O2/c1-2-24-23(25-9-11-27(18-7-8-18)14-15-3-4-15)26-10-12-28-21(29)19-16-5-6-17(13-16)20(19)22(28)30/h5-6,15-20H,2-4,7-14H2,1H3,(H2,24,25,26). The molecule has 2 bridgehead atoms. The zero-order valence-electron chi connectivity index (χ0n) is 18.1. The summed E-state index contributed by atoms with van der Waals surface area (Å²) in [6, 6.07) is 0.785. The molecule has 2 amide bonds. The highest BCUT2D eigenvalue weighted by Gasteiger charge is 2.58. The molecule has 0 aromatic carbocycles. The Morgan fingerprint density at radius 2 is 1.80 bits per heavy atom. The second kappa shape index (κ2) is 8.33. The molecule has 4 unspecified atom stereocenters. The first-order chi connectivity index (χ1) is 14.7. The van der Waals surface area contributed by atoms with Crippen LogP contribution in [0.1, 0.15) is 39.0 Å². The summed E-state index contributed by atoms with van der Waals surface area (Å²) in [5.74, 6) is 2.11. The van der Waals surface area contributed by atoms with Gasteiger partial charge in [0.15, 0.2) is 5.96 Å². The Kier molecular flexibility index (Phi) is 5.56. The summed E-state index contributed by atoms with van der Waals surface area (Å²) in [7, 11) is 0. The van der Waals surface area contributed by atoms with E-state index in [2.05, 4.69) is 34.6 Å². The van der Waals surface area contributed by atoms with Gasteiger partial charge in [0.1, 0.15) is 0 Å². The maximum atomic E-state index is 12.8. The predicted octanol–water partition coefficient (Wildman–Crippen LogP) is 1.22. The van der Waals surface area contributed by atoms with Gasteiger partial charge < -0.3 is 10.6 Å². The highest BCUT2D eigenvalue weighted by atomic mass is 16.2. The molecule has 0 aromatic heterocycles. The Morgan fingerprint density at radius 1 is 1.10 bits per heavy atom. The van der Waals surface area contributed by atoms with E-state index in [4.69, 9.17) is 4.99 Å². The van der Waals surface area contributed by atoms with Crippen molar-refractivity contribution in [1.82, 2.24) is 20.4 Å². The summed E-state index contributed by atoms with van der Waals surface area (Å²) in [6.07, 6.45) is 10.7. The number of guanidine groups is 1. The molecule has 4 fully saturated rings. The fraction of sp³-hybridized carbons (Fsp3) is 0.783. The van der Waals surface area contributed by atoms with Crippen molar-refractivity contribution >= 4 is 17.8 Å². The molecule has 5 rings (SSSR count). The summed E-state index contributed by atoms with van der Waals surface area (Å²) >= 11 is 0. The fourth-order valence-corrected chi connectivity index (χ4v) is 5.60. The molecule has 164 valence electrons. The molecule has 7 nitrogen and oxygen atoms in total. The van der Waals surface area contributed by atoms with Gasteiger partial charge in [0.25, 0.3) is 0 Å². The van der Waals surface area contributed by atoms with Crippen LogP contribution in [0, 0.1) is 29.6 Å². The molecule has 2 N–H and O–H groups in total.